The van der Waals surface area contributed by atoms with E-state index in [0.717, 1.165) is 25.4 Å². The molecule has 0 aliphatic carbocycles. The number of amides is 1. The Balaban J connectivity index is 1.98. The van der Waals surface area contributed by atoms with Gasteiger partial charge in [0.2, 0.25) is 5.91 Å². The van der Waals surface area contributed by atoms with E-state index in [9.17, 15) is 4.79 Å². The van der Waals surface area contributed by atoms with Crippen LogP contribution < -0.4 is 15.8 Å². The van der Waals surface area contributed by atoms with Gasteiger partial charge >= 0.3 is 0 Å². The fraction of sp³-hybridized carbons (Fsp3) is 0.562. The maximum absolute atomic E-state index is 10.8. The van der Waals surface area contributed by atoms with Gasteiger partial charge in [-0.05, 0) is 43.6 Å². The van der Waals surface area contributed by atoms with E-state index in [4.69, 9.17) is 10.5 Å². The fourth-order valence-electron chi connectivity index (χ4n) is 2.79. The molecule has 1 atom stereocenters. The lowest BCUT2D eigenvalue weighted by molar-refractivity contribution is -0.117. The summed E-state index contributed by atoms with van der Waals surface area (Å²) in [5.74, 6) is 0.616. The van der Waals surface area contributed by atoms with Gasteiger partial charge in [0, 0.05) is 25.6 Å². The second-order valence-corrected chi connectivity index (χ2v) is 5.45. The summed E-state index contributed by atoms with van der Waals surface area (Å²) < 4.78 is 5.22. The number of hydrogen-bond donors (Lipinski definition) is 2. The molecule has 5 heteroatoms. The van der Waals surface area contributed by atoms with Crippen LogP contribution in [-0.2, 0) is 4.79 Å². The number of nitrogens with one attached hydrogen (secondary N) is 1. The van der Waals surface area contributed by atoms with Crippen LogP contribution in [0.15, 0.2) is 24.3 Å². The molecule has 0 radical (unpaired) electrons. The highest BCUT2D eigenvalue weighted by Gasteiger charge is 2.23. The first-order valence-corrected chi connectivity index (χ1v) is 7.57. The molecular formula is C16H25N3O2. The molecule has 116 valence electrons. The molecule has 0 bridgehead atoms. The minimum Gasteiger partial charge on any atom is -0.497 e. The molecule has 0 aromatic heterocycles. The van der Waals surface area contributed by atoms with E-state index in [-0.39, 0.29) is 5.91 Å². The smallest absolute Gasteiger partial charge is 0.218 e. The van der Waals surface area contributed by atoms with Crippen molar-refractivity contribution in [1.29, 1.82) is 0 Å². The summed E-state index contributed by atoms with van der Waals surface area (Å²) >= 11 is 0. The average Bonchev–Trinajstić information content (AvgIpc) is 3.01. The van der Waals surface area contributed by atoms with Crippen molar-refractivity contribution < 1.29 is 9.53 Å². The number of primary amides is 1. The van der Waals surface area contributed by atoms with Gasteiger partial charge in [-0.1, -0.05) is 12.1 Å². The maximum Gasteiger partial charge on any atom is 0.218 e. The standard InChI is InChI=1S/C16H25N3O2/c1-21-14-6-4-13(5-7-14)15(19-10-2-3-11-19)12-18-9-8-16(17)20/h4-7,15,18H,2-3,8-12H2,1H3,(H2,17,20)/t15-/m0/s1. The Morgan fingerprint density at radius 1 is 1.33 bits per heavy atom. The quantitative estimate of drug-likeness (QED) is 0.708. The Kier molecular flexibility index (Phi) is 6.02. The van der Waals surface area contributed by atoms with Crippen LogP contribution in [-0.4, -0.2) is 44.1 Å². The van der Waals surface area contributed by atoms with Crippen molar-refractivity contribution in [3.05, 3.63) is 29.8 Å². The van der Waals surface area contributed by atoms with Gasteiger partial charge in [0.25, 0.3) is 0 Å². The second-order valence-electron chi connectivity index (χ2n) is 5.45. The summed E-state index contributed by atoms with van der Waals surface area (Å²) in [6.45, 7) is 3.73. The lowest BCUT2D eigenvalue weighted by Gasteiger charge is -2.28. The summed E-state index contributed by atoms with van der Waals surface area (Å²) in [7, 11) is 1.68. The minimum atomic E-state index is -0.260. The molecule has 1 aliphatic rings. The van der Waals surface area contributed by atoms with Crippen LogP contribution in [0.25, 0.3) is 0 Å². The Bertz CT molecular complexity index is 441. The van der Waals surface area contributed by atoms with Gasteiger partial charge in [-0.2, -0.15) is 0 Å². The number of rotatable bonds is 8. The van der Waals surface area contributed by atoms with Gasteiger partial charge < -0.3 is 15.8 Å². The molecule has 1 fully saturated rings. The molecule has 1 aromatic rings. The van der Waals surface area contributed by atoms with E-state index in [1.54, 1.807) is 7.11 Å². The lowest BCUT2D eigenvalue weighted by Crippen LogP contribution is -2.35. The summed E-state index contributed by atoms with van der Waals surface area (Å²) in [5.41, 5.74) is 6.45. The van der Waals surface area contributed by atoms with Crippen molar-refractivity contribution in [3.63, 3.8) is 0 Å². The monoisotopic (exact) mass is 291 g/mol. The summed E-state index contributed by atoms with van der Waals surface area (Å²) in [5, 5.41) is 3.35. The van der Waals surface area contributed by atoms with E-state index < -0.39 is 0 Å². The molecule has 1 heterocycles. The van der Waals surface area contributed by atoms with Gasteiger partial charge in [0.05, 0.1) is 7.11 Å². The van der Waals surface area contributed by atoms with Crippen molar-refractivity contribution in [1.82, 2.24) is 10.2 Å². The number of methoxy groups -OCH3 is 1. The predicted octanol–water partition coefficient (Wildman–Crippen LogP) is 1.30. The predicted molar refractivity (Wildman–Crippen MR) is 83.2 cm³/mol. The third-order valence-electron chi connectivity index (χ3n) is 3.97. The zero-order valence-corrected chi connectivity index (χ0v) is 12.7. The molecule has 0 unspecified atom stereocenters. The SMILES string of the molecule is COc1ccc([C@H](CNCCC(N)=O)N2CCCC2)cc1. The molecule has 2 rings (SSSR count). The average molecular weight is 291 g/mol. The van der Waals surface area contributed by atoms with E-state index in [2.05, 4.69) is 22.3 Å². The number of ether oxygens (including phenoxy) is 1. The molecule has 1 aromatic carbocycles. The van der Waals surface area contributed by atoms with Crippen molar-refractivity contribution in [2.24, 2.45) is 5.73 Å². The number of benzene rings is 1. The highest BCUT2D eigenvalue weighted by Crippen LogP contribution is 2.26. The third kappa shape index (κ3) is 4.72. The van der Waals surface area contributed by atoms with Crippen LogP contribution in [0.4, 0.5) is 0 Å². The third-order valence-corrected chi connectivity index (χ3v) is 3.97. The van der Waals surface area contributed by atoms with Crippen LogP contribution >= 0.6 is 0 Å². The van der Waals surface area contributed by atoms with Crippen LogP contribution in [0, 0.1) is 0 Å². The normalized spacial score (nSPS) is 16.8. The molecule has 0 spiro atoms. The van der Waals surface area contributed by atoms with E-state index >= 15 is 0 Å². The van der Waals surface area contributed by atoms with Crippen LogP contribution in [0.1, 0.15) is 30.9 Å². The molecule has 5 nitrogen and oxygen atoms in total. The molecule has 1 saturated heterocycles. The Morgan fingerprint density at radius 3 is 2.57 bits per heavy atom. The molecular weight excluding hydrogens is 266 g/mol. The molecule has 0 saturated carbocycles. The van der Waals surface area contributed by atoms with Gasteiger partial charge in [0.15, 0.2) is 0 Å². The topological polar surface area (TPSA) is 67.6 Å². The van der Waals surface area contributed by atoms with Gasteiger partial charge in [-0.15, -0.1) is 0 Å². The summed E-state index contributed by atoms with van der Waals surface area (Å²) in [6, 6.07) is 8.59. The molecule has 3 N–H and O–H groups in total. The van der Waals surface area contributed by atoms with Crippen molar-refractivity contribution >= 4 is 5.91 Å². The summed E-state index contributed by atoms with van der Waals surface area (Å²) in [6.07, 6.45) is 2.90. The number of carbonyl (C=O) groups excluding carboxylic acids is 1. The van der Waals surface area contributed by atoms with Gasteiger partial charge in [-0.3, -0.25) is 9.69 Å². The Labute approximate surface area is 126 Å². The highest BCUT2D eigenvalue weighted by atomic mass is 16.5. The zero-order valence-electron chi connectivity index (χ0n) is 12.7. The van der Waals surface area contributed by atoms with Gasteiger partial charge in [-0.25, -0.2) is 0 Å². The Morgan fingerprint density at radius 2 is 2.00 bits per heavy atom. The first-order chi connectivity index (χ1) is 10.2. The molecule has 21 heavy (non-hydrogen) atoms. The van der Waals surface area contributed by atoms with Crippen molar-refractivity contribution in [2.45, 2.75) is 25.3 Å². The number of carbonyl (C=O) groups is 1. The Hall–Kier alpha value is -1.59. The number of nitrogens with two attached hydrogens (primary N) is 1. The van der Waals surface area contributed by atoms with Gasteiger partial charge in [0.1, 0.15) is 5.75 Å². The second kappa shape index (κ2) is 8.00. The van der Waals surface area contributed by atoms with E-state index in [1.807, 2.05) is 12.1 Å². The highest BCUT2D eigenvalue weighted by molar-refractivity contribution is 5.73. The molecule has 1 amide bonds. The molecule has 1 aliphatic heterocycles. The lowest BCUT2D eigenvalue weighted by atomic mass is 10.1. The number of hydrogen-bond acceptors (Lipinski definition) is 4. The summed E-state index contributed by atoms with van der Waals surface area (Å²) in [4.78, 5) is 13.3. The van der Waals surface area contributed by atoms with Crippen molar-refractivity contribution in [3.8, 4) is 5.75 Å². The van der Waals surface area contributed by atoms with Crippen LogP contribution in [0.5, 0.6) is 5.75 Å². The number of likely N-dealkylation sites (tertiary alicyclic amines) is 1. The first-order valence-electron chi connectivity index (χ1n) is 7.57. The largest absolute Gasteiger partial charge is 0.497 e. The van der Waals surface area contributed by atoms with E-state index in [0.29, 0.717) is 19.0 Å². The first kappa shape index (κ1) is 15.8. The minimum absolute atomic E-state index is 0.260. The number of nitrogens with zero attached hydrogens (tertiary/aromatic N) is 1. The van der Waals surface area contributed by atoms with Crippen LogP contribution in [0.3, 0.4) is 0 Å². The zero-order chi connectivity index (χ0) is 15.1. The van der Waals surface area contributed by atoms with Crippen molar-refractivity contribution in [2.75, 3.05) is 33.3 Å². The van der Waals surface area contributed by atoms with E-state index in [1.165, 1.54) is 18.4 Å². The fourth-order valence-corrected chi connectivity index (χ4v) is 2.79. The maximum atomic E-state index is 10.8. The van der Waals surface area contributed by atoms with Crippen LogP contribution in [0.2, 0.25) is 0 Å².